The van der Waals surface area contributed by atoms with Crippen molar-refractivity contribution in [3.63, 3.8) is 0 Å². The highest BCUT2D eigenvalue weighted by atomic mass is 32.2. The number of sulfonamides is 1. The molecule has 0 spiro atoms. The van der Waals surface area contributed by atoms with Crippen LogP contribution in [-0.4, -0.2) is 50.2 Å². The van der Waals surface area contributed by atoms with Crippen molar-refractivity contribution >= 4 is 21.8 Å². The van der Waals surface area contributed by atoms with E-state index in [4.69, 9.17) is 0 Å². The SMILES string of the molecule is CCNC(=O)C1CCN(S(=O)(=O)c2cc(C(=O)NC3C(C)(C)[C@@H]4CC[C@@]3(C)C4)ccc2C)C1. The Hall–Kier alpha value is -1.93. The van der Waals surface area contributed by atoms with Gasteiger partial charge in [-0.25, -0.2) is 8.42 Å². The van der Waals surface area contributed by atoms with Crippen LogP contribution in [0.2, 0.25) is 0 Å². The monoisotopic (exact) mass is 475 g/mol. The fourth-order valence-electron chi connectivity index (χ4n) is 6.51. The highest BCUT2D eigenvalue weighted by Crippen LogP contribution is 2.62. The lowest BCUT2D eigenvalue weighted by atomic mass is 9.68. The van der Waals surface area contributed by atoms with Crippen molar-refractivity contribution in [2.45, 2.75) is 71.2 Å². The first-order chi connectivity index (χ1) is 15.4. The minimum absolute atomic E-state index is 0.0197. The van der Waals surface area contributed by atoms with E-state index in [9.17, 15) is 18.0 Å². The molecule has 0 aromatic heterocycles. The summed E-state index contributed by atoms with van der Waals surface area (Å²) in [6.45, 7) is 11.3. The highest BCUT2D eigenvalue weighted by molar-refractivity contribution is 7.89. The van der Waals surface area contributed by atoms with E-state index in [1.165, 1.54) is 16.8 Å². The summed E-state index contributed by atoms with van der Waals surface area (Å²) in [6.07, 6.45) is 3.94. The third-order valence-corrected chi connectivity index (χ3v) is 10.5. The number of rotatable bonds is 6. The van der Waals surface area contributed by atoms with Crippen molar-refractivity contribution in [1.29, 1.82) is 0 Å². The van der Waals surface area contributed by atoms with Crippen LogP contribution in [0.5, 0.6) is 0 Å². The second kappa shape index (κ2) is 8.38. The van der Waals surface area contributed by atoms with Gasteiger partial charge in [-0.3, -0.25) is 9.59 Å². The summed E-state index contributed by atoms with van der Waals surface area (Å²) in [4.78, 5) is 25.6. The summed E-state index contributed by atoms with van der Waals surface area (Å²) in [6, 6.07) is 4.97. The molecule has 4 rings (SSSR count). The van der Waals surface area contributed by atoms with Gasteiger partial charge in [0.05, 0.1) is 10.8 Å². The van der Waals surface area contributed by atoms with Crippen LogP contribution in [0.4, 0.5) is 0 Å². The molecule has 2 bridgehead atoms. The average Bonchev–Trinajstić information content (AvgIpc) is 3.44. The Bertz CT molecular complexity index is 1060. The van der Waals surface area contributed by atoms with E-state index in [-0.39, 0.29) is 46.0 Å². The van der Waals surface area contributed by atoms with E-state index in [1.54, 1.807) is 19.1 Å². The third kappa shape index (κ3) is 4.09. The van der Waals surface area contributed by atoms with Gasteiger partial charge in [0.2, 0.25) is 15.9 Å². The van der Waals surface area contributed by atoms with Crippen LogP contribution >= 0.6 is 0 Å². The Kier molecular flexibility index (Phi) is 6.15. The molecule has 2 unspecified atom stereocenters. The lowest BCUT2D eigenvalue weighted by Gasteiger charge is -2.43. The van der Waals surface area contributed by atoms with Crippen molar-refractivity contribution < 1.29 is 18.0 Å². The molecule has 3 fully saturated rings. The van der Waals surface area contributed by atoms with E-state index >= 15 is 0 Å². The molecule has 1 aromatic carbocycles. The molecule has 1 aromatic rings. The zero-order chi connectivity index (χ0) is 24.2. The van der Waals surface area contributed by atoms with Gasteiger partial charge in [0.1, 0.15) is 0 Å². The van der Waals surface area contributed by atoms with Crippen molar-refractivity contribution in [2.75, 3.05) is 19.6 Å². The molecule has 3 aliphatic rings. The smallest absolute Gasteiger partial charge is 0.251 e. The maximum absolute atomic E-state index is 13.4. The fraction of sp³-hybridized carbons (Fsp3) is 0.680. The summed E-state index contributed by atoms with van der Waals surface area (Å²) in [7, 11) is -3.80. The zero-order valence-corrected chi connectivity index (χ0v) is 21.2. The summed E-state index contributed by atoms with van der Waals surface area (Å²) in [5, 5.41) is 6.04. The second-order valence-corrected chi connectivity index (χ2v) is 13.0. The molecule has 2 N–H and O–H groups in total. The number of nitrogens with zero attached hydrogens (tertiary/aromatic N) is 1. The molecular formula is C25H37N3O4S. The lowest BCUT2D eigenvalue weighted by Crippen LogP contribution is -2.52. The normalized spacial score (nSPS) is 31.0. The number of amides is 2. The summed E-state index contributed by atoms with van der Waals surface area (Å²) >= 11 is 0. The number of carbonyl (C=O) groups excluding carboxylic acids is 2. The second-order valence-electron chi connectivity index (χ2n) is 11.0. The Labute approximate surface area is 197 Å². The van der Waals surface area contributed by atoms with Gasteiger partial charge in [0, 0.05) is 31.2 Å². The molecular weight excluding hydrogens is 438 g/mol. The Morgan fingerprint density at radius 2 is 1.91 bits per heavy atom. The molecule has 182 valence electrons. The number of benzene rings is 1. The summed E-state index contributed by atoms with van der Waals surface area (Å²) in [5.74, 6) is -0.0657. The van der Waals surface area contributed by atoms with E-state index in [1.807, 2.05) is 6.92 Å². The van der Waals surface area contributed by atoms with Crippen molar-refractivity contribution in [3.8, 4) is 0 Å². The third-order valence-electron chi connectivity index (χ3n) is 8.49. The molecule has 8 heteroatoms. The van der Waals surface area contributed by atoms with Gasteiger partial charge in [0.15, 0.2) is 0 Å². The van der Waals surface area contributed by atoms with Crippen molar-refractivity contribution in [2.24, 2.45) is 22.7 Å². The van der Waals surface area contributed by atoms with E-state index in [0.29, 0.717) is 36.6 Å². The van der Waals surface area contributed by atoms with Crippen LogP contribution in [-0.2, 0) is 14.8 Å². The van der Waals surface area contributed by atoms with Gasteiger partial charge in [-0.1, -0.05) is 26.8 Å². The molecule has 2 amide bonds. The van der Waals surface area contributed by atoms with Gasteiger partial charge in [-0.2, -0.15) is 4.31 Å². The van der Waals surface area contributed by atoms with Crippen LogP contribution in [0.15, 0.2) is 23.1 Å². The highest BCUT2D eigenvalue weighted by Gasteiger charge is 2.59. The van der Waals surface area contributed by atoms with Crippen LogP contribution in [0.3, 0.4) is 0 Å². The van der Waals surface area contributed by atoms with E-state index in [2.05, 4.69) is 31.4 Å². The number of hydrogen-bond acceptors (Lipinski definition) is 4. The van der Waals surface area contributed by atoms with Gasteiger partial charge in [-0.05, 0) is 74.0 Å². The first kappa shape index (κ1) is 24.2. The van der Waals surface area contributed by atoms with Crippen LogP contribution in [0.1, 0.15) is 69.3 Å². The van der Waals surface area contributed by atoms with Crippen molar-refractivity contribution in [1.82, 2.24) is 14.9 Å². The maximum atomic E-state index is 13.4. The predicted octanol–water partition coefficient (Wildman–Crippen LogP) is 3.09. The Morgan fingerprint density at radius 3 is 2.55 bits per heavy atom. The van der Waals surface area contributed by atoms with Gasteiger partial charge >= 0.3 is 0 Å². The first-order valence-corrected chi connectivity index (χ1v) is 13.5. The van der Waals surface area contributed by atoms with Gasteiger partial charge in [-0.15, -0.1) is 0 Å². The van der Waals surface area contributed by atoms with E-state index < -0.39 is 10.0 Å². The molecule has 1 aliphatic heterocycles. The first-order valence-electron chi connectivity index (χ1n) is 12.1. The molecule has 33 heavy (non-hydrogen) atoms. The molecule has 4 atom stereocenters. The molecule has 7 nitrogen and oxygen atoms in total. The number of nitrogens with one attached hydrogen (secondary N) is 2. The lowest BCUT2D eigenvalue weighted by molar-refractivity contribution is -0.124. The minimum Gasteiger partial charge on any atom is -0.356 e. The predicted molar refractivity (Wildman–Crippen MR) is 127 cm³/mol. The largest absolute Gasteiger partial charge is 0.356 e. The quantitative estimate of drug-likeness (QED) is 0.661. The Balaban J connectivity index is 1.54. The van der Waals surface area contributed by atoms with E-state index in [0.717, 1.165) is 12.8 Å². The molecule has 0 radical (unpaired) electrons. The topological polar surface area (TPSA) is 95.6 Å². The van der Waals surface area contributed by atoms with Crippen LogP contribution in [0, 0.1) is 29.6 Å². The van der Waals surface area contributed by atoms with Gasteiger partial charge in [0.25, 0.3) is 5.91 Å². The Morgan fingerprint density at radius 1 is 1.18 bits per heavy atom. The van der Waals surface area contributed by atoms with Crippen molar-refractivity contribution in [3.05, 3.63) is 29.3 Å². The maximum Gasteiger partial charge on any atom is 0.251 e. The molecule has 1 heterocycles. The number of carbonyl (C=O) groups is 2. The number of aryl methyl sites for hydroxylation is 1. The van der Waals surface area contributed by atoms with Crippen LogP contribution < -0.4 is 10.6 Å². The minimum atomic E-state index is -3.80. The summed E-state index contributed by atoms with van der Waals surface area (Å²) in [5.41, 5.74) is 1.07. The number of hydrogen-bond donors (Lipinski definition) is 2. The molecule has 2 aliphatic carbocycles. The number of fused-ring (bicyclic) bond motifs is 2. The zero-order valence-electron chi connectivity index (χ0n) is 20.4. The fourth-order valence-corrected chi connectivity index (χ4v) is 8.27. The van der Waals surface area contributed by atoms with Crippen LogP contribution in [0.25, 0.3) is 0 Å². The van der Waals surface area contributed by atoms with Gasteiger partial charge < -0.3 is 10.6 Å². The summed E-state index contributed by atoms with van der Waals surface area (Å²) < 4.78 is 28.2. The average molecular weight is 476 g/mol. The molecule has 2 saturated carbocycles. The molecule has 1 saturated heterocycles. The standard InChI is InChI=1S/C25H37N3O4S/c1-6-26-21(29)18-10-12-28(15-18)33(31,32)20-13-17(8-7-16(20)2)22(30)27-23-24(3,4)19-9-11-25(23,5)14-19/h7-8,13,18-19,23H,6,9-12,14-15H2,1-5H3,(H,26,29)(H,27,30)/t18?,19-,23?,25+/m1/s1.